The topological polar surface area (TPSA) is 38.7 Å². The number of hydrogen-bond donors (Lipinski definition) is 1. The van der Waals surface area contributed by atoms with Crippen LogP contribution in [0.5, 0.6) is 11.5 Å². The lowest BCUT2D eigenvalue weighted by molar-refractivity contribution is 0.229. The maximum absolute atomic E-state index is 9.58. The molecular weight excluding hydrogens is 324 g/mol. The molecule has 3 nitrogen and oxygen atoms in total. The Morgan fingerprint density at radius 1 is 0.769 bits per heavy atom. The van der Waals surface area contributed by atoms with E-state index in [4.69, 9.17) is 9.47 Å². The fourth-order valence-electron chi connectivity index (χ4n) is 4.52. The number of aliphatic hydroxyl groups is 1. The lowest BCUT2D eigenvalue weighted by Crippen LogP contribution is -2.12. The molecule has 146 valence electrons. The summed E-state index contributed by atoms with van der Waals surface area (Å²) in [5.41, 5.74) is 0.855. The van der Waals surface area contributed by atoms with Gasteiger partial charge in [-0.1, -0.05) is 64.2 Å². The Balaban J connectivity index is 1.45. The van der Waals surface area contributed by atoms with Gasteiger partial charge in [0.15, 0.2) is 0 Å². The first-order chi connectivity index (χ1) is 12.8. The van der Waals surface area contributed by atoms with E-state index in [0.29, 0.717) is 0 Å². The molecule has 0 radical (unpaired) electrons. The van der Waals surface area contributed by atoms with Crippen LogP contribution in [0.2, 0.25) is 0 Å². The van der Waals surface area contributed by atoms with Crippen molar-refractivity contribution in [2.24, 2.45) is 11.8 Å². The predicted molar refractivity (Wildman–Crippen MR) is 106 cm³/mol. The number of benzene rings is 1. The molecule has 2 saturated carbocycles. The van der Waals surface area contributed by atoms with E-state index in [-0.39, 0.29) is 6.61 Å². The van der Waals surface area contributed by atoms with Crippen LogP contribution in [-0.4, -0.2) is 18.3 Å². The summed E-state index contributed by atoms with van der Waals surface area (Å²) in [6.07, 6.45) is 16.0. The smallest absolute Gasteiger partial charge is 0.128 e. The van der Waals surface area contributed by atoms with Crippen molar-refractivity contribution < 1.29 is 14.6 Å². The van der Waals surface area contributed by atoms with Crippen LogP contribution in [-0.2, 0) is 6.61 Å². The van der Waals surface area contributed by atoms with Crippen LogP contribution in [0.15, 0.2) is 18.2 Å². The van der Waals surface area contributed by atoms with Crippen molar-refractivity contribution in [3.8, 4) is 11.5 Å². The van der Waals surface area contributed by atoms with Crippen molar-refractivity contribution in [3.05, 3.63) is 23.8 Å². The Labute approximate surface area is 159 Å². The molecule has 0 aliphatic heterocycles. The fourth-order valence-corrected chi connectivity index (χ4v) is 4.52. The van der Waals surface area contributed by atoms with E-state index in [1.807, 2.05) is 18.2 Å². The Hall–Kier alpha value is -1.22. The molecule has 3 rings (SSSR count). The van der Waals surface area contributed by atoms with Crippen molar-refractivity contribution in [3.63, 3.8) is 0 Å². The molecule has 2 aliphatic rings. The second kappa shape index (κ2) is 10.8. The van der Waals surface area contributed by atoms with E-state index in [0.717, 1.165) is 55.0 Å². The van der Waals surface area contributed by atoms with Gasteiger partial charge >= 0.3 is 0 Å². The van der Waals surface area contributed by atoms with Crippen LogP contribution < -0.4 is 9.47 Å². The molecule has 0 unspecified atom stereocenters. The van der Waals surface area contributed by atoms with Crippen LogP contribution in [0.4, 0.5) is 0 Å². The molecule has 0 atom stereocenters. The molecular formula is C23H36O3. The first-order valence-electron chi connectivity index (χ1n) is 10.8. The third kappa shape index (κ3) is 6.19. The minimum Gasteiger partial charge on any atom is -0.493 e. The van der Waals surface area contributed by atoms with Crippen LogP contribution in [0.25, 0.3) is 0 Å². The van der Waals surface area contributed by atoms with Gasteiger partial charge in [-0.15, -0.1) is 0 Å². The second-order valence-corrected chi connectivity index (χ2v) is 8.21. The fraction of sp³-hybridized carbons (Fsp3) is 0.739. The minimum absolute atomic E-state index is 0.0150. The summed E-state index contributed by atoms with van der Waals surface area (Å²) in [5, 5.41) is 9.58. The highest BCUT2D eigenvalue weighted by molar-refractivity contribution is 5.40. The monoisotopic (exact) mass is 360 g/mol. The zero-order chi connectivity index (χ0) is 18.0. The quantitative estimate of drug-likeness (QED) is 0.598. The van der Waals surface area contributed by atoms with Gasteiger partial charge in [0.2, 0.25) is 0 Å². The molecule has 0 heterocycles. The SMILES string of the molecule is OCc1ccc(OCCC2CCCCC2)cc1OCCC1CCCCC1. The van der Waals surface area contributed by atoms with Gasteiger partial charge in [-0.25, -0.2) is 0 Å². The number of hydrogen-bond acceptors (Lipinski definition) is 3. The standard InChI is InChI=1S/C23H36O3/c24-18-21-11-12-22(25-15-13-19-7-3-1-4-8-19)17-23(21)26-16-14-20-9-5-2-6-10-20/h11-12,17,19-20,24H,1-10,13-16,18H2. The minimum atomic E-state index is 0.0150. The highest BCUT2D eigenvalue weighted by Crippen LogP contribution is 2.30. The molecule has 26 heavy (non-hydrogen) atoms. The molecule has 1 aromatic carbocycles. The molecule has 0 amide bonds. The highest BCUT2D eigenvalue weighted by Gasteiger charge is 2.15. The average Bonchev–Trinajstić information content (AvgIpc) is 2.70. The van der Waals surface area contributed by atoms with Crippen LogP contribution in [0.1, 0.15) is 82.6 Å². The summed E-state index contributed by atoms with van der Waals surface area (Å²) < 4.78 is 12.0. The molecule has 0 aromatic heterocycles. The number of ether oxygens (including phenoxy) is 2. The Morgan fingerprint density at radius 2 is 1.35 bits per heavy atom. The molecule has 0 saturated heterocycles. The lowest BCUT2D eigenvalue weighted by Gasteiger charge is -2.22. The van der Waals surface area contributed by atoms with Gasteiger partial charge in [-0.3, -0.25) is 0 Å². The molecule has 2 aliphatic carbocycles. The average molecular weight is 361 g/mol. The third-order valence-electron chi connectivity index (χ3n) is 6.24. The Morgan fingerprint density at radius 3 is 1.92 bits per heavy atom. The van der Waals surface area contributed by atoms with Gasteiger partial charge in [0.05, 0.1) is 19.8 Å². The molecule has 0 spiro atoms. The normalized spacial score (nSPS) is 19.4. The molecule has 1 aromatic rings. The number of rotatable bonds is 9. The number of aliphatic hydroxyl groups excluding tert-OH is 1. The molecule has 3 heteroatoms. The van der Waals surface area contributed by atoms with Crippen molar-refractivity contribution in [1.29, 1.82) is 0 Å². The van der Waals surface area contributed by atoms with Gasteiger partial charge in [0.25, 0.3) is 0 Å². The summed E-state index contributed by atoms with van der Waals surface area (Å²) in [6, 6.07) is 5.86. The Bertz CT molecular complexity index is 516. The zero-order valence-electron chi connectivity index (χ0n) is 16.3. The van der Waals surface area contributed by atoms with Crippen molar-refractivity contribution >= 4 is 0 Å². The van der Waals surface area contributed by atoms with E-state index in [1.54, 1.807) is 0 Å². The maximum Gasteiger partial charge on any atom is 0.128 e. The molecule has 2 fully saturated rings. The summed E-state index contributed by atoms with van der Waals surface area (Å²) in [7, 11) is 0. The third-order valence-corrected chi connectivity index (χ3v) is 6.24. The van der Waals surface area contributed by atoms with E-state index in [2.05, 4.69) is 0 Å². The molecule has 1 N–H and O–H groups in total. The van der Waals surface area contributed by atoms with Crippen LogP contribution in [0, 0.1) is 11.8 Å². The van der Waals surface area contributed by atoms with E-state index in [9.17, 15) is 5.11 Å². The van der Waals surface area contributed by atoms with Gasteiger partial charge in [0.1, 0.15) is 11.5 Å². The first kappa shape index (κ1) is 19.5. The summed E-state index contributed by atoms with van der Waals surface area (Å²) >= 11 is 0. The molecule has 0 bridgehead atoms. The van der Waals surface area contributed by atoms with E-state index >= 15 is 0 Å². The maximum atomic E-state index is 9.58. The van der Waals surface area contributed by atoms with E-state index < -0.39 is 0 Å². The van der Waals surface area contributed by atoms with Crippen molar-refractivity contribution in [2.45, 2.75) is 83.7 Å². The summed E-state index contributed by atoms with van der Waals surface area (Å²) in [4.78, 5) is 0. The lowest BCUT2D eigenvalue weighted by atomic mass is 9.87. The van der Waals surface area contributed by atoms with Crippen molar-refractivity contribution in [2.75, 3.05) is 13.2 Å². The van der Waals surface area contributed by atoms with Gasteiger partial charge < -0.3 is 14.6 Å². The first-order valence-corrected chi connectivity index (χ1v) is 10.8. The zero-order valence-corrected chi connectivity index (χ0v) is 16.3. The summed E-state index contributed by atoms with van der Waals surface area (Å²) in [5.74, 6) is 3.31. The van der Waals surface area contributed by atoms with Gasteiger partial charge in [-0.2, -0.15) is 0 Å². The Kier molecular flexibility index (Phi) is 8.13. The van der Waals surface area contributed by atoms with Crippen LogP contribution in [0.3, 0.4) is 0 Å². The van der Waals surface area contributed by atoms with Crippen LogP contribution >= 0.6 is 0 Å². The van der Waals surface area contributed by atoms with Gasteiger partial charge in [-0.05, 0) is 36.8 Å². The highest BCUT2D eigenvalue weighted by atomic mass is 16.5. The van der Waals surface area contributed by atoms with E-state index in [1.165, 1.54) is 64.2 Å². The second-order valence-electron chi connectivity index (χ2n) is 8.21. The summed E-state index contributed by atoms with van der Waals surface area (Å²) in [6.45, 7) is 1.54. The van der Waals surface area contributed by atoms with Gasteiger partial charge in [0, 0.05) is 11.6 Å². The predicted octanol–water partition coefficient (Wildman–Crippen LogP) is 5.88. The largest absolute Gasteiger partial charge is 0.493 e. The van der Waals surface area contributed by atoms with Crippen molar-refractivity contribution in [1.82, 2.24) is 0 Å².